The van der Waals surface area contributed by atoms with Gasteiger partial charge in [-0.2, -0.15) is 0 Å². The highest BCUT2D eigenvalue weighted by molar-refractivity contribution is 5.91. The van der Waals surface area contributed by atoms with E-state index in [9.17, 15) is 24.0 Å². The molecule has 0 saturated carbocycles. The molecule has 23 heavy (non-hydrogen) atoms. The first-order chi connectivity index (χ1) is 10.6. The predicted octanol–water partition coefficient (Wildman–Crippen LogP) is -3.60. The van der Waals surface area contributed by atoms with Crippen LogP contribution in [-0.2, 0) is 24.0 Å². The van der Waals surface area contributed by atoms with E-state index in [1.54, 1.807) is 0 Å². The van der Waals surface area contributed by atoms with Gasteiger partial charge in [-0.1, -0.05) is 0 Å². The van der Waals surface area contributed by atoms with E-state index in [4.69, 9.17) is 16.6 Å². The Morgan fingerprint density at radius 2 is 1.61 bits per heavy atom. The summed E-state index contributed by atoms with van der Waals surface area (Å²) in [7, 11) is 0. The van der Waals surface area contributed by atoms with Crippen LogP contribution in [0.2, 0.25) is 0 Å². The maximum absolute atomic E-state index is 11.6. The van der Waals surface area contributed by atoms with E-state index in [2.05, 4.69) is 16.0 Å². The molecule has 11 heteroatoms. The van der Waals surface area contributed by atoms with Crippen LogP contribution in [0.4, 0.5) is 0 Å². The molecule has 0 bridgehead atoms. The molecule has 0 radical (unpaired) electrons. The van der Waals surface area contributed by atoms with E-state index in [-0.39, 0.29) is 12.8 Å². The molecule has 11 nitrogen and oxygen atoms in total. The minimum Gasteiger partial charge on any atom is -0.480 e. The Kier molecular flexibility index (Phi) is 8.92. The molecule has 130 valence electrons. The van der Waals surface area contributed by atoms with Gasteiger partial charge in [0.2, 0.25) is 23.6 Å². The van der Waals surface area contributed by atoms with Crippen molar-refractivity contribution < 1.29 is 29.1 Å². The number of carbonyl (C=O) groups excluding carboxylic acids is 4. The summed E-state index contributed by atoms with van der Waals surface area (Å²) >= 11 is 0. The fraction of sp³-hybridized carbons (Fsp3) is 0.583. The number of nitrogens with two attached hydrogens (primary N) is 2. The normalized spacial score (nSPS) is 12.6. The summed E-state index contributed by atoms with van der Waals surface area (Å²) in [6, 6.07) is -1.95. The quantitative estimate of drug-likeness (QED) is 0.238. The number of carboxylic acids is 1. The summed E-state index contributed by atoms with van der Waals surface area (Å²) in [6.45, 7) is 0.375. The zero-order valence-electron chi connectivity index (χ0n) is 12.6. The highest BCUT2D eigenvalue weighted by Crippen LogP contribution is 1.93. The summed E-state index contributed by atoms with van der Waals surface area (Å²) in [5.74, 6) is -3.77. The lowest BCUT2D eigenvalue weighted by Gasteiger charge is -2.15. The highest BCUT2D eigenvalue weighted by Gasteiger charge is 2.18. The lowest BCUT2D eigenvalue weighted by atomic mass is 10.1. The zero-order chi connectivity index (χ0) is 18.0. The second kappa shape index (κ2) is 10.1. The molecule has 0 rings (SSSR count). The van der Waals surface area contributed by atoms with Crippen molar-refractivity contribution in [2.24, 2.45) is 11.5 Å². The summed E-state index contributed by atoms with van der Waals surface area (Å²) in [4.78, 5) is 55.4. The monoisotopic (exact) mass is 331 g/mol. The lowest BCUT2D eigenvalue weighted by molar-refractivity contribution is -0.138. The van der Waals surface area contributed by atoms with Crippen LogP contribution in [0.15, 0.2) is 0 Å². The van der Waals surface area contributed by atoms with Crippen LogP contribution in [0.5, 0.6) is 0 Å². The number of amides is 4. The standard InChI is InChI=1S/C12H21N5O6/c1-6(11(22)16-5-10(20)21)17-9(19)4-15-12(23)7(13)2-3-8(14)18/h6-7H,2-5,13H2,1H3,(H2,14,18)(H,15,23)(H,16,22)(H,17,19)(H,20,21). The number of rotatable bonds is 10. The number of aliphatic carboxylic acids is 1. The summed E-state index contributed by atoms with van der Waals surface area (Å²) < 4.78 is 0. The molecular weight excluding hydrogens is 310 g/mol. The highest BCUT2D eigenvalue weighted by atomic mass is 16.4. The Morgan fingerprint density at radius 1 is 1.04 bits per heavy atom. The van der Waals surface area contributed by atoms with E-state index in [0.717, 1.165) is 0 Å². The Balaban J connectivity index is 4.09. The SMILES string of the molecule is CC(NC(=O)CNC(=O)C(N)CCC(N)=O)C(=O)NCC(=O)O. The lowest BCUT2D eigenvalue weighted by Crippen LogP contribution is -2.50. The smallest absolute Gasteiger partial charge is 0.322 e. The molecule has 0 fully saturated rings. The molecule has 0 aromatic carbocycles. The van der Waals surface area contributed by atoms with Crippen molar-refractivity contribution in [2.45, 2.75) is 31.8 Å². The van der Waals surface area contributed by atoms with Gasteiger partial charge in [0.05, 0.1) is 12.6 Å². The van der Waals surface area contributed by atoms with Gasteiger partial charge in [-0.3, -0.25) is 24.0 Å². The van der Waals surface area contributed by atoms with E-state index in [1.807, 2.05) is 0 Å². The third-order valence-electron chi connectivity index (χ3n) is 2.65. The average molecular weight is 331 g/mol. The molecule has 0 aliphatic rings. The molecule has 2 atom stereocenters. The van der Waals surface area contributed by atoms with Crippen molar-refractivity contribution in [2.75, 3.05) is 13.1 Å². The van der Waals surface area contributed by atoms with Crippen LogP contribution in [0.3, 0.4) is 0 Å². The molecule has 4 amide bonds. The number of primary amides is 1. The molecule has 0 aromatic rings. The predicted molar refractivity (Wildman–Crippen MR) is 77.7 cm³/mol. The average Bonchev–Trinajstić information content (AvgIpc) is 2.47. The largest absolute Gasteiger partial charge is 0.480 e. The Hall–Kier alpha value is -2.69. The van der Waals surface area contributed by atoms with Gasteiger partial charge in [0, 0.05) is 6.42 Å². The summed E-state index contributed by atoms with van der Waals surface area (Å²) in [5.41, 5.74) is 10.4. The third kappa shape index (κ3) is 9.79. The van der Waals surface area contributed by atoms with Gasteiger partial charge in [-0.15, -0.1) is 0 Å². The third-order valence-corrected chi connectivity index (χ3v) is 2.65. The van der Waals surface area contributed by atoms with Crippen molar-refractivity contribution in [3.8, 4) is 0 Å². The Bertz CT molecular complexity index is 481. The van der Waals surface area contributed by atoms with Gasteiger partial charge in [-0.25, -0.2) is 0 Å². The number of nitrogens with one attached hydrogen (secondary N) is 3. The first kappa shape index (κ1) is 20.3. The minimum atomic E-state index is -1.21. The zero-order valence-corrected chi connectivity index (χ0v) is 12.6. The van der Waals surface area contributed by atoms with Crippen molar-refractivity contribution in [3.05, 3.63) is 0 Å². The Morgan fingerprint density at radius 3 is 2.13 bits per heavy atom. The molecule has 0 saturated heterocycles. The number of hydrogen-bond donors (Lipinski definition) is 6. The van der Waals surface area contributed by atoms with Crippen molar-refractivity contribution in [1.29, 1.82) is 0 Å². The molecule has 0 spiro atoms. The van der Waals surface area contributed by atoms with E-state index in [1.165, 1.54) is 6.92 Å². The van der Waals surface area contributed by atoms with Crippen LogP contribution in [0, 0.1) is 0 Å². The van der Waals surface area contributed by atoms with Gasteiger partial charge in [-0.05, 0) is 13.3 Å². The van der Waals surface area contributed by atoms with E-state index < -0.39 is 54.8 Å². The van der Waals surface area contributed by atoms with Crippen LogP contribution < -0.4 is 27.4 Å². The topological polar surface area (TPSA) is 194 Å². The maximum Gasteiger partial charge on any atom is 0.322 e. The van der Waals surface area contributed by atoms with Gasteiger partial charge < -0.3 is 32.5 Å². The van der Waals surface area contributed by atoms with Crippen LogP contribution in [-0.4, -0.2) is 59.9 Å². The molecule has 0 aliphatic heterocycles. The first-order valence-corrected chi connectivity index (χ1v) is 6.74. The van der Waals surface area contributed by atoms with E-state index in [0.29, 0.717) is 0 Å². The van der Waals surface area contributed by atoms with Crippen molar-refractivity contribution in [1.82, 2.24) is 16.0 Å². The second-order valence-electron chi connectivity index (χ2n) is 4.73. The number of hydrogen-bond acceptors (Lipinski definition) is 6. The number of carbonyl (C=O) groups is 5. The molecule has 0 aromatic heterocycles. The first-order valence-electron chi connectivity index (χ1n) is 6.74. The Labute approximate surface area is 132 Å². The second-order valence-corrected chi connectivity index (χ2v) is 4.73. The van der Waals surface area contributed by atoms with Crippen molar-refractivity contribution >= 4 is 29.6 Å². The summed E-state index contributed by atoms with van der Waals surface area (Å²) in [5, 5.41) is 15.0. The van der Waals surface area contributed by atoms with E-state index >= 15 is 0 Å². The molecule has 2 unspecified atom stereocenters. The van der Waals surface area contributed by atoms with Gasteiger partial charge in [0.1, 0.15) is 12.6 Å². The maximum atomic E-state index is 11.6. The minimum absolute atomic E-state index is 0.0524. The fourth-order valence-electron chi connectivity index (χ4n) is 1.40. The van der Waals surface area contributed by atoms with Crippen LogP contribution in [0.25, 0.3) is 0 Å². The van der Waals surface area contributed by atoms with Crippen LogP contribution in [0.1, 0.15) is 19.8 Å². The fourth-order valence-corrected chi connectivity index (χ4v) is 1.40. The van der Waals surface area contributed by atoms with Gasteiger partial charge in [0.15, 0.2) is 0 Å². The molecular formula is C12H21N5O6. The molecule has 0 aliphatic carbocycles. The molecule has 8 N–H and O–H groups in total. The molecule has 0 heterocycles. The number of carboxylic acid groups (broad SMARTS) is 1. The van der Waals surface area contributed by atoms with Gasteiger partial charge >= 0.3 is 5.97 Å². The van der Waals surface area contributed by atoms with Crippen LogP contribution >= 0.6 is 0 Å². The van der Waals surface area contributed by atoms with Crippen molar-refractivity contribution in [3.63, 3.8) is 0 Å². The summed E-state index contributed by atoms with van der Waals surface area (Å²) in [6.07, 6.45) is -0.00164. The van der Waals surface area contributed by atoms with Gasteiger partial charge in [0.25, 0.3) is 0 Å².